The second-order valence-corrected chi connectivity index (χ2v) is 21.1. The first kappa shape index (κ1) is 57.4. The van der Waals surface area contributed by atoms with E-state index in [-0.39, 0.29) is 114 Å². The lowest BCUT2D eigenvalue weighted by Gasteiger charge is -2.28. The Morgan fingerprint density at radius 1 is 0.643 bits per heavy atom. The summed E-state index contributed by atoms with van der Waals surface area (Å²) in [4.78, 5) is 24.3. The van der Waals surface area contributed by atoms with Gasteiger partial charge >= 0.3 is 0 Å². The minimum Gasteiger partial charge on any atom is -0.378 e. The van der Waals surface area contributed by atoms with Crippen molar-refractivity contribution in [3.05, 3.63) is 126 Å². The van der Waals surface area contributed by atoms with Crippen molar-refractivity contribution in [2.45, 2.75) is 41.6 Å². The summed E-state index contributed by atoms with van der Waals surface area (Å²) in [5.74, 6) is -0.944. The molecule has 70 heavy (non-hydrogen) atoms. The Kier molecular flexibility index (Phi) is 24.0. The first-order valence-corrected chi connectivity index (χ1v) is 27.0. The van der Waals surface area contributed by atoms with Crippen LogP contribution in [0.15, 0.2) is 82.6 Å². The molecule has 2 atom stereocenters. The van der Waals surface area contributed by atoms with Crippen LogP contribution in [0.2, 0.25) is 20.1 Å². The Morgan fingerprint density at radius 2 is 1.13 bits per heavy atom. The van der Waals surface area contributed by atoms with E-state index in [1.807, 2.05) is 26.1 Å². The lowest BCUT2D eigenvalue weighted by Crippen LogP contribution is -2.34. The zero-order valence-corrected chi connectivity index (χ0v) is 43.6. The van der Waals surface area contributed by atoms with Crippen LogP contribution in [-0.4, -0.2) is 134 Å². The molecule has 0 saturated carbocycles. The van der Waals surface area contributed by atoms with Gasteiger partial charge in [-0.15, -0.1) is 0 Å². The largest absolute Gasteiger partial charge is 0.378 e. The van der Waals surface area contributed by atoms with Crippen LogP contribution in [0.1, 0.15) is 52.1 Å². The van der Waals surface area contributed by atoms with Gasteiger partial charge in [-0.2, -0.15) is 0 Å². The third-order valence-electron chi connectivity index (χ3n) is 10.9. The number of halogens is 4. The van der Waals surface area contributed by atoms with Gasteiger partial charge in [-0.25, -0.2) is 26.3 Å². The molecule has 4 aromatic carbocycles. The van der Waals surface area contributed by atoms with Gasteiger partial charge in [0.2, 0.25) is 31.9 Å². The van der Waals surface area contributed by atoms with Crippen molar-refractivity contribution in [3.63, 3.8) is 0 Å². The Morgan fingerprint density at radius 3 is 1.66 bits per heavy atom. The van der Waals surface area contributed by atoms with Crippen LogP contribution >= 0.6 is 46.4 Å². The SMILES string of the molecule is CNCc1c(Cl)cc(Cl)cc1[C@@H](C)c1ccc(S(=O)(=O)NCCOCCOCCNC(=O)COCC(=O)NCCOCCOCCNS(=O)(=O)c2ccc([C@@H]3CNCc4c(Cl)cc(Cl)cc43)cc2)cc1. The van der Waals surface area contributed by atoms with Gasteiger partial charge in [-0.05, 0) is 89.0 Å². The van der Waals surface area contributed by atoms with E-state index in [1.54, 1.807) is 60.7 Å². The summed E-state index contributed by atoms with van der Waals surface area (Å²) in [5.41, 5.74) is 5.75. The Hall–Kier alpha value is -3.48. The molecular weight excluding hydrogens is 1030 g/mol. The number of rotatable bonds is 31. The van der Waals surface area contributed by atoms with Crippen molar-refractivity contribution < 1.29 is 50.1 Å². The number of carbonyl (C=O) groups is 2. The van der Waals surface area contributed by atoms with Crippen LogP contribution in [0, 0.1) is 0 Å². The smallest absolute Gasteiger partial charge is 0.246 e. The number of sulfonamides is 2. The van der Waals surface area contributed by atoms with Crippen LogP contribution in [0.5, 0.6) is 0 Å². The summed E-state index contributed by atoms with van der Waals surface area (Å²) in [6.45, 7) is 5.39. The second-order valence-electron chi connectivity index (χ2n) is 15.9. The maximum atomic E-state index is 12.9. The molecule has 1 aliphatic rings. The van der Waals surface area contributed by atoms with Gasteiger partial charge in [0, 0.05) is 77.7 Å². The van der Waals surface area contributed by atoms with E-state index in [1.165, 1.54) is 0 Å². The molecule has 0 saturated heterocycles. The average molecular weight is 1090 g/mol. The van der Waals surface area contributed by atoms with Crippen molar-refractivity contribution in [2.24, 2.45) is 0 Å². The van der Waals surface area contributed by atoms with E-state index < -0.39 is 31.9 Å². The summed E-state index contributed by atoms with van der Waals surface area (Å²) in [6, 6.07) is 20.6. The van der Waals surface area contributed by atoms with Gasteiger partial charge in [-0.1, -0.05) is 77.6 Å². The predicted molar refractivity (Wildman–Crippen MR) is 270 cm³/mol. The molecule has 17 nitrogen and oxygen atoms in total. The predicted octanol–water partition coefficient (Wildman–Crippen LogP) is 4.98. The van der Waals surface area contributed by atoms with Gasteiger partial charge in [0.05, 0.1) is 62.6 Å². The highest BCUT2D eigenvalue weighted by molar-refractivity contribution is 7.89. The fourth-order valence-electron chi connectivity index (χ4n) is 7.41. The monoisotopic (exact) mass is 1090 g/mol. The van der Waals surface area contributed by atoms with E-state index in [4.69, 9.17) is 70.1 Å². The van der Waals surface area contributed by atoms with E-state index >= 15 is 0 Å². The summed E-state index contributed by atoms with van der Waals surface area (Å²) in [7, 11) is -5.68. The van der Waals surface area contributed by atoms with Crippen LogP contribution < -0.4 is 30.7 Å². The van der Waals surface area contributed by atoms with Crippen LogP contribution in [0.3, 0.4) is 0 Å². The summed E-state index contributed by atoms with van der Waals surface area (Å²) in [5, 5.41) is 14.0. The molecule has 0 spiro atoms. The van der Waals surface area contributed by atoms with E-state index in [9.17, 15) is 26.4 Å². The molecule has 1 aliphatic heterocycles. The van der Waals surface area contributed by atoms with E-state index in [0.717, 1.165) is 33.4 Å². The topological polar surface area (TPSA) is 221 Å². The van der Waals surface area contributed by atoms with E-state index in [0.29, 0.717) is 39.7 Å². The molecule has 0 radical (unpaired) electrons. The molecule has 0 bridgehead atoms. The van der Waals surface area contributed by atoms with Crippen molar-refractivity contribution >= 4 is 78.3 Å². The second kappa shape index (κ2) is 29.3. The number of fused-ring (bicyclic) bond motifs is 1. The molecule has 0 aliphatic carbocycles. The highest BCUT2D eigenvalue weighted by atomic mass is 35.5. The third-order valence-corrected chi connectivity index (χ3v) is 15.0. The highest BCUT2D eigenvalue weighted by Crippen LogP contribution is 2.37. The van der Waals surface area contributed by atoms with Crippen LogP contribution in [0.25, 0.3) is 0 Å². The normalized spacial score (nSPS) is 14.3. The number of benzene rings is 4. The van der Waals surface area contributed by atoms with Gasteiger partial charge in [0.25, 0.3) is 0 Å². The van der Waals surface area contributed by atoms with Crippen molar-refractivity contribution in [2.75, 3.05) is 106 Å². The van der Waals surface area contributed by atoms with Gasteiger partial charge in [0.1, 0.15) is 13.2 Å². The molecule has 2 amide bonds. The van der Waals surface area contributed by atoms with Crippen LogP contribution in [-0.2, 0) is 66.4 Å². The number of nitrogens with one attached hydrogen (secondary N) is 6. The molecule has 5 rings (SSSR count). The standard InChI is InChI=1S/C47H60Cl4N6O11S2/c1-32(39-23-35(48)25-44(50)42(39)27-52-2)33-3-7-37(8-4-33)69(60,61)56-13-17-66-21-19-64-15-11-54-46(58)30-68-31-47(59)55-12-16-65-20-22-67-18-14-57-70(62,63)38-9-5-34(6-10-38)41-28-53-29-43-40(41)24-36(49)26-45(43)51/h3-10,23-26,32,41,52-53,56-57H,11-22,27-31H2,1-2H3,(H,54,58)(H,55,59)/t32-,41-/m0/s1. The summed E-state index contributed by atoms with van der Waals surface area (Å²) in [6.07, 6.45) is 0. The molecular formula is C47H60Cl4N6O11S2. The zero-order valence-electron chi connectivity index (χ0n) is 38.9. The number of amides is 2. The zero-order chi connectivity index (χ0) is 50.5. The van der Waals surface area contributed by atoms with Gasteiger partial charge in [0.15, 0.2) is 0 Å². The lowest BCUT2D eigenvalue weighted by atomic mass is 9.85. The Labute approximate surface area is 430 Å². The fourth-order valence-corrected chi connectivity index (χ4v) is 10.6. The third kappa shape index (κ3) is 18.2. The number of carbonyl (C=O) groups excluding carboxylic acids is 2. The maximum Gasteiger partial charge on any atom is 0.246 e. The van der Waals surface area contributed by atoms with Crippen LogP contribution in [0.4, 0.5) is 0 Å². The van der Waals surface area contributed by atoms with Gasteiger partial charge < -0.3 is 45.0 Å². The molecule has 0 fully saturated rings. The lowest BCUT2D eigenvalue weighted by molar-refractivity contribution is -0.131. The quantitative estimate of drug-likeness (QED) is 0.0367. The van der Waals surface area contributed by atoms with Gasteiger partial charge in [-0.3, -0.25) is 9.59 Å². The number of hydrogen-bond donors (Lipinski definition) is 6. The van der Waals surface area contributed by atoms with E-state index in [2.05, 4.69) is 30.7 Å². The molecule has 384 valence electrons. The maximum absolute atomic E-state index is 12.9. The first-order valence-electron chi connectivity index (χ1n) is 22.5. The molecule has 0 aromatic heterocycles. The number of hydrogen-bond acceptors (Lipinski definition) is 13. The molecule has 23 heteroatoms. The molecule has 6 N–H and O–H groups in total. The Balaban J connectivity index is 0.809. The number of ether oxygens (including phenoxy) is 5. The minimum atomic E-state index is -3.76. The fraction of sp³-hybridized carbons (Fsp3) is 0.447. The van der Waals surface area contributed by atoms with Crippen molar-refractivity contribution in [1.82, 2.24) is 30.7 Å². The first-order chi connectivity index (χ1) is 33.6. The van der Waals surface area contributed by atoms with Crippen molar-refractivity contribution in [1.29, 1.82) is 0 Å². The molecule has 4 aromatic rings. The minimum absolute atomic E-state index is 0.0217. The summed E-state index contributed by atoms with van der Waals surface area (Å²) < 4.78 is 83.4. The summed E-state index contributed by atoms with van der Waals surface area (Å²) >= 11 is 25.4. The van der Waals surface area contributed by atoms with Crippen molar-refractivity contribution in [3.8, 4) is 0 Å². The highest BCUT2D eigenvalue weighted by Gasteiger charge is 2.25. The Bertz CT molecular complexity index is 2550. The molecule has 1 heterocycles. The molecule has 0 unspecified atom stereocenters. The average Bonchev–Trinajstić information content (AvgIpc) is 3.33.